The minimum absolute atomic E-state index is 0.000782. The molecule has 0 fully saturated rings. The van der Waals surface area contributed by atoms with Gasteiger partial charge in [-0.05, 0) is 31.9 Å². The molecule has 0 saturated carbocycles. The molecular weight excluding hydrogens is 556 g/mol. The van der Waals surface area contributed by atoms with Crippen molar-refractivity contribution in [1.82, 2.24) is 9.80 Å². The molecule has 0 radical (unpaired) electrons. The summed E-state index contributed by atoms with van der Waals surface area (Å²) in [5, 5.41) is 9.92. The number of ether oxygens (including phenoxy) is 3. The molecule has 1 heterocycles. The molecule has 0 unspecified atom stereocenters. The van der Waals surface area contributed by atoms with E-state index in [2.05, 4.69) is 0 Å². The highest BCUT2D eigenvalue weighted by molar-refractivity contribution is 5.97. The zero-order chi connectivity index (χ0) is 31.6. The van der Waals surface area contributed by atoms with Crippen molar-refractivity contribution in [3.8, 4) is 0 Å². The van der Waals surface area contributed by atoms with Gasteiger partial charge in [-0.2, -0.15) is 0 Å². The van der Waals surface area contributed by atoms with Crippen molar-refractivity contribution < 1.29 is 43.3 Å². The fourth-order valence-corrected chi connectivity index (χ4v) is 4.08. The molecule has 0 aromatic heterocycles. The Hall–Kier alpha value is -4.67. The number of amides is 2. The normalized spacial score (nSPS) is 12.5. The van der Waals surface area contributed by atoms with E-state index in [0.29, 0.717) is 13.1 Å². The van der Waals surface area contributed by atoms with Crippen LogP contribution in [0.4, 0.5) is 0 Å². The van der Waals surface area contributed by atoms with Gasteiger partial charge in [0.2, 0.25) is 11.8 Å². The molecule has 0 aliphatic carbocycles. The monoisotopic (exact) mass is 596 g/mol. The summed E-state index contributed by atoms with van der Waals surface area (Å²) in [5.74, 6) is -2.05. The number of hydrogen-bond acceptors (Lipinski definition) is 9. The van der Waals surface area contributed by atoms with E-state index in [0.717, 1.165) is 11.1 Å². The summed E-state index contributed by atoms with van der Waals surface area (Å²) >= 11 is 0. The van der Waals surface area contributed by atoms with Crippen molar-refractivity contribution in [1.29, 1.82) is 0 Å². The van der Waals surface area contributed by atoms with E-state index in [4.69, 9.17) is 14.2 Å². The Morgan fingerprint density at radius 1 is 0.791 bits per heavy atom. The van der Waals surface area contributed by atoms with Gasteiger partial charge in [0.15, 0.2) is 0 Å². The number of nitrogens with zero attached hydrogens (tertiary/aromatic N) is 2. The van der Waals surface area contributed by atoms with E-state index in [9.17, 15) is 29.1 Å². The number of rotatable bonds is 13. The highest BCUT2D eigenvalue weighted by Gasteiger charge is 2.29. The zero-order valence-corrected chi connectivity index (χ0v) is 25.0. The first-order valence-corrected chi connectivity index (χ1v) is 14.2. The number of benzene rings is 2. The maximum atomic E-state index is 12.3. The van der Waals surface area contributed by atoms with Crippen LogP contribution in [0.25, 0.3) is 0 Å². The Balaban J connectivity index is 0.000000303. The number of esters is 3. The van der Waals surface area contributed by atoms with Gasteiger partial charge in [0, 0.05) is 19.5 Å². The molecule has 11 nitrogen and oxygen atoms in total. The maximum absolute atomic E-state index is 12.3. The topological polar surface area (TPSA) is 140 Å². The molecular formula is C32H40N2O9. The predicted molar refractivity (Wildman–Crippen MR) is 157 cm³/mol. The second kappa shape index (κ2) is 18.7. The number of aliphatic hydroxyl groups is 1. The second-order valence-corrected chi connectivity index (χ2v) is 9.40. The Labute approximate surface area is 252 Å². The number of hydrogen-bond donors (Lipinski definition) is 1. The fourth-order valence-electron chi connectivity index (χ4n) is 4.08. The minimum atomic E-state index is -0.613. The van der Waals surface area contributed by atoms with Gasteiger partial charge in [0.1, 0.15) is 12.3 Å². The van der Waals surface area contributed by atoms with Crippen LogP contribution in [-0.2, 0) is 51.3 Å². The summed E-state index contributed by atoms with van der Waals surface area (Å²) in [7, 11) is 0. The molecule has 2 amide bonds. The lowest BCUT2D eigenvalue weighted by atomic mass is 10.0. The molecule has 2 aromatic carbocycles. The number of carbonyl (C=O) groups is 5. The number of carbonyl (C=O) groups excluding carboxylic acids is 5. The number of aliphatic hydroxyl groups excluding tert-OH is 1. The Kier molecular flexibility index (Phi) is 15.0. The highest BCUT2D eigenvalue weighted by atomic mass is 16.5. The Morgan fingerprint density at radius 3 is 1.93 bits per heavy atom. The van der Waals surface area contributed by atoms with Gasteiger partial charge in [-0.1, -0.05) is 60.7 Å². The van der Waals surface area contributed by atoms with Crippen LogP contribution in [0.1, 0.15) is 51.2 Å². The van der Waals surface area contributed by atoms with Gasteiger partial charge >= 0.3 is 17.9 Å². The molecule has 11 heteroatoms. The smallest absolute Gasteiger partial charge is 0.338 e. The second-order valence-electron chi connectivity index (χ2n) is 9.40. The molecule has 0 bridgehead atoms. The standard InChI is InChI=1S/C17H23NO5.C15H17NO4/c1-3-22-16(20)11-10-15(19)18(13-17(21)23-4-2)12-14-8-6-5-7-9-14;1-2-20-15(19)12-8-14(18)16(10-13(12)17)9-11-6-4-3-5-7-11/h5-9H,3-4,10-13H2,1-2H3;3-7,17H,2,8-10H2,1H3. The highest BCUT2D eigenvalue weighted by Crippen LogP contribution is 2.20. The molecule has 0 atom stereocenters. The molecule has 43 heavy (non-hydrogen) atoms. The van der Waals surface area contributed by atoms with E-state index in [-0.39, 0.29) is 75.3 Å². The molecule has 1 aliphatic rings. The van der Waals surface area contributed by atoms with Gasteiger partial charge in [-0.15, -0.1) is 0 Å². The summed E-state index contributed by atoms with van der Waals surface area (Å²) in [4.78, 5) is 61.9. The van der Waals surface area contributed by atoms with Gasteiger partial charge in [0.05, 0.1) is 44.8 Å². The third-order valence-electron chi connectivity index (χ3n) is 6.15. The largest absolute Gasteiger partial charge is 0.510 e. The van der Waals surface area contributed by atoms with E-state index in [1.165, 1.54) is 9.80 Å². The van der Waals surface area contributed by atoms with Gasteiger partial charge in [-0.3, -0.25) is 19.2 Å². The first kappa shape index (κ1) is 34.5. The van der Waals surface area contributed by atoms with Crippen LogP contribution in [0.15, 0.2) is 72.0 Å². The van der Waals surface area contributed by atoms with Crippen molar-refractivity contribution in [2.24, 2.45) is 0 Å². The Morgan fingerprint density at radius 2 is 1.35 bits per heavy atom. The van der Waals surface area contributed by atoms with Crippen molar-refractivity contribution in [2.75, 3.05) is 32.9 Å². The van der Waals surface area contributed by atoms with Gasteiger partial charge in [-0.25, -0.2) is 4.79 Å². The lowest BCUT2D eigenvalue weighted by Gasteiger charge is -2.27. The van der Waals surface area contributed by atoms with Crippen molar-refractivity contribution in [3.05, 3.63) is 83.1 Å². The first-order valence-electron chi connectivity index (χ1n) is 14.2. The molecule has 0 spiro atoms. The maximum Gasteiger partial charge on any atom is 0.338 e. The summed E-state index contributed by atoms with van der Waals surface area (Å²) in [6, 6.07) is 18.9. The molecule has 1 N–H and O–H groups in total. The Bertz CT molecular complexity index is 1250. The fraction of sp³-hybridized carbons (Fsp3) is 0.406. The molecule has 3 rings (SSSR count). The predicted octanol–water partition coefficient (Wildman–Crippen LogP) is 3.72. The van der Waals surface area contributed by atoms with Crippen LogP contribution in [0.2, 0.25) is 0 Å². The van der Waals surface area contributed by atoms with Crippen LogP contribution in [-0.4, -0.2) is 77.5 Å². The van der Waals surface area contributed by atoms with Gasteiger partial charge in [0.25, 0.3) is 0 Å². The third-order valence-corrected chi connectivity index (χ3v) is 6.15. The lowest BCUT2D eigenvalue weighted by Crippen LogP contribution is -2.38. The quantitative estimate of drug-likeness (QED) is 0.271. The van der Waals surface area contributed by atoms with Crippen molar-refractivity contribution in [2.45, 2.75) is 53.1 Å². The van der Waals surface area contributed by atoms with Gasteiger partial charge < -0.3 is 29.1 Å². The molecule has 232 valence electrons. The van der Waals surface area contributed by atoms with Crippen molar-refractivity contribution in [3.63, 3.8) is 0 Å². The van der Waals surface area contributed by atoms with E-state index in [1.807, 2.05) is 60.7 Å². The average Bonchev–Trinajstić information content (AvgIpc) is 2.99. The van der Waals surface area contributed by atoms with Crippen LogP contribution < -0.4 is 0 Å². The zero-order valence-electron chi connectivity index (χ0n) is 25.0. The van der Waals surface area contributed by atoms with E-state index in [1.54, 1.807) is 20.8 Å². The summed E-state index contributed by atoms with van der Waals surface area (Å²) in [6.45, 7) is 6.48. The summed E-state index contributed by atoms with van der Waals surface area (Å²) in [6.07, 6.45) is -0.108. The van der Waals surface area contributed by atoms with Crippen LogP contribution in [0, 0.1) is 0 Å². The first-order chi connectivity index (χ1) is 20.7. The lowest BCUT2D eigenvalue weighted by molar-refractivity contribution is -0.150. The van der Waals surface area contributed by atoms with Crippen LogP contribution in [0.3, 0.4) is 0 Å². The van der Waals surface area contributed by atoms with E-state index >= 15 is 0 Å². The minimum Gasteiger partial charge on any atom is -0.510 e. The SMILES string of the molecule is CCOC(=O)C1=C(O)CN(Cc2ccccc2)C(=O)C1.CCOC(=O)CCC(=O)N(CC(=O)OCC)Cc1ccccc1. The summed E-state index contributed by atoms with van der Waals surface area (Å²) in [5.41, 5.74) is 1.95. The molecule has 2 aromatic rings. The molecule has 0 saturated heterocycles. The molecule has 1 aliphatic heterocycles. The van der Waals surface area contributed by atoms with Crippen LogP contribution in [0.5, 0.6) is 0 Å². The summed E-state index contributed by atoms with van der Waals surface area (Å²) < 4.78 is 14.5. The third kappa shape index (κ3) is 12.4. The van der Waals surface area contributed by atoms with Crippen molar-refractivity contribution >= 4 is 29.7 Å². The van der Waals surface area contributed by atoms with E-state index < -0.39 is 17.9 Å². The van der Waals surface area contributed by atoms with Crippen LogP contribution >= 0.6 is 0 Å². The average molecular weight is 597 g/mol.